The zero-order valence-corrected chi connectivity index (χ0v) is 14.6. The van der Waals surface area contributed by atoms with Crippen LogP contribution in [0.3, 0.4) is 0 Å². The highest BCUT2D eigenvalue weighted by molar-refractivity contribution is 9.11. The Hall–Kier alpha value is -1.05. The van der Waals surface area contributed by atoms with E-state index in [0.717, 1.165) is 25.7 Å². The van der Waals surface area contributed by atoms with E-state index in [1.807, 2.05) is 11.1 Å². The standard InChI is InChI=1S/C18H25BrO3/c19-14-10-8-6-4-2-1-3-5-7-9-11-16-12-13-17(22-16)15-18(20)21/h5,7,10,14,16-17H,1-4,6,8,12-13,15H2,(H,20,21). The summed E-state index contributed by atoms with van der Waals surface area (Å²) in [5, 5.41) is 8.70. The van der Waals surface area contributed by atoms with Gasteiger partial charge in [-0.3, -0.25) is 4.79 Å². The largest absolute Gasteiger partial charge is 0.481 e. The van der Waals surface area contributed by atoms with Gasteiger partial charge in [-0.05, 0) is 49.6 Å². The quantitative estimate of drug-likeness (QED) is 0.468. The van der Waals surface area contributed by atoms with Crippen molar-refractivity contribution in [2.75, 3.05) is 0 Å². The number of allylic oxidation sites excluding steroid dienone is 3. The average Bonchev–Trinajstić information content (AvgIpc) is 2.91. The van der Waals surface area contributed by atoms with Gasteiger partial charge in [0.1, 0.15) is 6.10 Å². The molecule has 2 atom stereocenters. The van der Waals surface area contributed by atoms with Crippen LogP contribution in [0.1, 0.15) is 57.8 Å². The predicted octanol–water partition coefficient (Wildman–Crippen LogP) is 4.82. The Morgan fingerprint density at radius 1 is 1.18 bits per heavy atom. The molecular weight excluding hydrogens is 344 g/mol. The van der Waals surface area contributed by atoms with Crippen LogP contribution in [-0.2, 0) is 9.53 Å². The Labute approximate surface area is 141 Å². The molecule has 0 aromatic heterocycles. The third-order valence-corrected chi connectivity index (χ3v) is 3.91. The van der Waals surface area contributed by atoms with Gasteiger partial charge in [0.15, 0.2) is 0 Å². The normalized spacial score (nSPS) is 21.3. The van der Waals surface area contributed by atoms with E-state index in [-0.39, 0.29) is 18.6 Å². The molecule has 0 aromatic carbocycles. The van der Waals surface area contributed by atoms with Gasteiger partial charge in [-0.25, -0.2) is 0 Å². The van der Waals surface area contributed by atoms with Crippen molar-refractivity contribution in [2.45, 2.75) is 70.0 Å². The topological polar surface area (TPSA) is 46.5 Å². The van der Waals surface area contributed by atoms with Crippen LogP contribution in [0.25, 0.3) is 0 Å². The second kappa shape index (κ2) is 12.5. The third-order valence-electron chi connectivity index (χ3n) is 3.54. The molecule has 0 saturated carbocycles. The summed E-state index contributed by atoms with van der Waals surface area (Å²) in [7, 11) is 0. The van der Waals surface area contributed by atoms with Gasteiger partial charge in [0.2, 0.25) is 0 Å². The first-order valence-electron chi connectivity index (χ1n) is 8.01. The van der Waals surface area contributed by atoms with E-state index >= 15 is 0 Å². The lowest BCUT2D eigenvalue weighted by molar-refractivity contribution is -0.139. The number of carboxylic acid groups (broad SMARTS) is 1. The molecule has 1 aliphatic heterocycles. The molecule has 0 radical (unpaired) electrons. The van der Waals surface area contributed by atoms with Crippen LogP contribution in [0, 0.1) is 11.8 Å². The van der Waals surface area contributed by atoms with Crippen molar-refractivity contribution >= 4 is 21.9 Å². The van der Waals surface area contributed by atoms with Gasteiger partial charge in [0, 0.05) is 0 Å². The summed E-state index contributed by atoms with van der Waals surface area (Å²) < 4.78 is 5.57. The second-order valence-corrected chi connectivity index (χ2v) is 5.99. The van der Waals surface area contributed by atoms with E-state index in [2.05, 4.69) is 39.9 Å². The molecule has 2 unspecified atom stereocenters. The Bertz CT molecular complexity index is 431. The highest BCUT2D eigenvalue weighted by atomic mass is 79.9. The highest BCUT2D eigenvalue weighted by Gasteiger charge is 2.25. The average molecular weight is 369 g/mol. The molecule has 1 heterocycles. The molecule has 0 bridgehead atoms. The van der Waals surface area contributed by atoms with Crippen molar-refractivity contribution in [2.24, 2.45) is 0 Å². The number of carbonyl (C=O) groups is 1. The van der Waals surface area contributed by atoms with Crippen molar-refractivity contribution in [3.63, 3.8) is 0 Å². The minimum atomic E-state index is -0.804. The van der Waals surface area contributed by atoms with E-state index in [0.29, 0.717) is 0 Å². The molecule has 1 rings (SSSR count). The fraction of sp³-hybridized carbons (Fsp3) is 0.611. The summed E-state index contributed by atoms with van der Waals surface area (Å²) >= 11 is 3.27. The van der Waals surface area contributed by atoms with E-state index < -0.39 is 5.97 Å². The summed E-state index contributed by atoms with van der Waals surface area (Å²) in [4.78, 5) is 12.5. The molecule has 122 valence electrons. The summed E-state index contributed by atoms with van der Waals surface area (Å²) in [6.07, 6.45) is 14.8. The number of halogens is 1. The monoisotopic (exact) mass is 368 g/mol. The summed E-state index contributed by atoms with van der Waals surface area (Å²) in [5.41, 5.74) is 0. The highest BCUT2D eigenvalue weighted by Crippen LogP contribution is 2.21. The zero-order valence-electron chi connectivity index (χ0n) is 13.0. The minimum Gasteiger partial charge on any atom is -0.481 e. The number of ether oxygens (including phenoxy) is 1. The lowest BCUT2D eigenvalue weighted by atomic mass is 10.1. The molecule has 1 aliphatic rings. The molecule has 0 aliphatic carbocycles. The molecule has 1 saturated heterocycles. The first kappa shape index (κ1) is 19.0. The summed E-state index contributed by atoms with van der Waals surface area (Å²) in [6, 6.07) is 0. The number of aliphatic carboxylic acids is 1. The Morgan fingerprint density at radius 2 is 1.91 bits per heavy atom. The van der Waals surface area contributed by atoms with Crippen LogP contribution in [0.15, 0.2) is 23.2 Å². The Morgan fingerprint density at radius 3 is 2.59 bits per heavy atom. The molecule has 22 heavy (non-hydrogen) atoms. The van der Waals surface area contributed by atoms with Crippen LogP contribution < -0.4 is 0 Å². The number of hydrogen-bond donors (Lipinski definition) is 1. The maximum absolute atomic E-state index is 10.6. The van der Waals surface area contributed by atoms with Crippen molar-refractivity contribution in [3.05, 3.63) is 23.2 Å². The van der Waals surface area contributed by atoms with E-state index in [1.165, 1.54) is 25.7 Å². The smallest absolute Gasteiger partial charge is 0.305 e. The van der Waals surface area contributed by atoms with Gasteiger partial charge < -0.3 is 9.84 Å². The van der Waals surface area contributed by atoms with Crippen LogP contribution >= 0.6 is 15.9 Å². The molecular formula is C18H25BrO3. The van der Waals surface area contributed by atoms with Gasteiger partial charge in [-0.2, -0.15) is 0 Å². The van der Waals surface area contributed by atoms with Crippen molar-refractivity contribution in [3.8, 4) is 11.8 Å². The molecule has 3 nitrogen and oxygen atoms in total. The first-order chi connectivity index (χ1) is 10.7. The molecule has 1 N–H and O–H groups in total. The van der Waals surface area contributed by atoms with Crippen molar-refractivity contribution < 1.29 is 14.6 Å². The van der Waals surface area contributed by atoms with Crippen LogP contribution in [0.2, 0.25) is 0 Å². The SMILES string of the molecule is O=C(O)CC1CCC(C#CC=CCCCCCCC=CBr)O1. The van der Waals surface area contributed by atoms with Gasteiger partial charge in [0.25, 0.3) is 0 Å². The lowest BCUT2D eigenvalue weighted by Crippen LogP contribution is -2.13. The van der Waals surface area contributed by atoms with Crippen LogP contribution in [0.4, 0.5) is 0 Å². The van der Waals surface area contributed by atoms with E-state index in [1.54, 1.807) is 0 Å². The Kier molecular flexibility index (Phi) is 10.8. The van der Waals surface area contributed by atoms with Crippen molar-refractivity contribution in [1.29, 1.82) is 0 Å². The minimum absolute atomic E-state index is 0.0828. The molecule has 4 heteroatoms. The van der Waals surface area contributed by atoms with Gasteiger partial charge in [0.05, 0.1) is 12.5 Å². The van der Waals surface area contributed by atoms with E-state index in [9.17, 15) is 4.79 Å². The van der Waals surface area contributed by atoms with Gasteiger partial charge in [-0.1, -0.05) is 52.8 Å². The van der Waals surface area contributed by atoms with Gasteiger partial charge in [-0.15, -0.1) is 0 Å². The van der Waals surface area contributed by atoms with Crippen LogP contribution in [-0.4, -0.2) is 23.3 Å². The maximum atomic E-state index is 10.6. The Balaban J connectivity index is 2.03. The maximum Gasteiger partial charge on any atom is 0.305 e. The van der Waals surface area contributed by atoms with Crippen molar-refractivity contribution in [1.82, 2.24) is 0 Å². The zero-order chi connectivity index (χ0) is 16.0. The summed E-state index contributed by atoms with van der Waals surface area (Å²) in [5.74, 6) is 5.24. The molecule has 0 aromatic rings. The first-order valence-corrected chi connectivity index (χ1v) is 8.92. The number of hydrogen-bond acceptors (Lipinski definition) is 2. The molecule has 0 spiro atoms. The second-order valence-electron chi connectivity index (χ2n) is 5.47. The van der Waals surface area contributed by atoms with Gasteiger partial charge >= 0.3 is 5.97 Å². The van der Waals surface area contributed by atoms with E-state index in [4.69, 9.17) is 9.84 Å². The predicted molar refractivity (Wildman–Crippen MR) is 92.8 cm³/mol. The molecule has 0 amide bonds. The fourth-order valence-corrected chi connectivity index (χ4v) is 2.65. The number of rotatable bonds is 9. The van der Waals surface area contributed by atoms with Crippen LogP contribution in [0.5, 0.6) is 0 Å². The number of carboxylic acids is 1. The summed E-state index contributed by atoms with van der Waals surface area (Å²) in [6.45, 7) is 0. The molecule has 1 fully saturated rings. The third kappa shape index (κ3) is 9.81. The number of unbranched alkanes of at least 4 members (excludes halogenated alkanes) is 5. The fourth-order valence-electron chi connectivity index (χ4n) is 2.38. The lowest BCUT2D eigenvalue weighted by Gasteiger charge is -2.06.